The van der Waals surface area contributed by atoms with Gasteiger partial charge < -0.3 is 4.57 Å². The van der Waals surface area contributed by atoms with Crippen molar-refractivity contribution in [3.05, 3.63) is 104 Å². The minimum absolute atomic E-state index is 0.247. The molecule has 0 aliphatic rings. The summed E-state index contributed by atoms with van der Waals surface area (Å²) in [5.74, 6) is -0.877. The average molecular weight is 488 g/mol. The third kappa shape index (κ3) is 4.27. The molecule has 0 N–H and O–H groups in total. The zero-order valence-electron chi connectivity index (χ0n) is 15.7. The van der Waals surface area contributed by atoms with Crippen LogP contribution in [0.3, 0.4) is 0 Å². The lowest BCUT2D eigenvalue weighted by Crippen LogP contribution is -2.21. The standard InChI is InChI=1S/C22H13BrF3N3O2/c23-19-10-3-5-13(27-19)11-29-12-15(20(30)14-6-1-2-8-17(14)29)21(31)16-7-4-9-18(28-16)22(24,25)26/h1-10,12H,11H2. The van der Waals surface area contributed by atoms with Crippen LogP contribution >= 0.6 is 15.9 Å². The van der Waals surface area contributed by atoms with E-state index in [0.717, 1.165) is 18.2 Å². The molecule has 5 nitrogen and oxygen atoms in total. The highest BCUT2D eigenvalue weighted by Crippen LogP contribution is 2.27. The summed E-state index contributed by atoms with van der Waals surface area (Å²) in [5.41, 5.74) is -1.24. The smallest absolute Gasteiger partial charge is 0.340 e. The van der Waals surface area contributed by atoms with E-state index in [1.54, 1.807) is 47.0 Å². The van der Waals surface area contributed by atoms with Gasteiger partial charge >= 0.3 is 6.18 Å². The van der Waals surface area contributed by atoms with Gasteiger partial charge in [-0.05, 0) is 52.3 Å². The van der Waals surface area contributed by atoms with Crippen LogP contribution in [0.4, 0.5) is 13.2 Å². The van der Waals surface area contributed by atoms with Gasteiger partial charge in [-0.3, -0.25) is 9.59 Å². The third-order valence-electron chi connectivity index (χ3n) is 4.61. The van der Waals surface area contributed by atoms with E-state index in [1.165, 1.54) is 6.20 Å². The molecular weight excluding hydrogens is 475 g/mol. The molecule has 0 aliphatic carbocycles. The van der Waals surface area contributed by atoms with E-state index in [2.05, 4.69) is 25.9 Å². The number of rotatable bonds is 4. The highest BCUT2D eigenvalue weighted by atomic mass is 79.9. The fourth-order valence-corrected chi connectivity index (χ4v) is 3.59. The van der Waals surface area contributed by atoms with Crippen LogP contribution in [0.25, 0.3) is 10.9 Å². The zero-order chi connectivity index (χ0) is 22.2. The van der Waals surface area contributed by atoms with Crippen LogP contribution in [0.5, 0.6) is 0 Å². The number of aromatic nitrogens is 3. The van der Waals surface area contributed by atoms with Gasteiger partial charge in [0.25, 0.3) is 0 Å². The highest BCUT2D eigenvalue weighted by Gasteiger charge is 2.33. The molecule has 0 aliphatic heterocycles. The molecule has 9 heteroatoms. The first kappa shape index (κ1) is 20.9. The van der Waals surface area contributed by atoms with Crippen molar-refractivity contribution in [3.63, 3.8) is 0 Å². The minimum Gasteiger partial charge on any atom is -0.340 e. The Hall–Kier alpha value is -3.33. The summed E-state index contributed by atoms with van der Waals surface area (Å²) in [6, 6.07) is 15.1. The number of nitrogens with zero attached hydrogens (tertiary/aromatic N) is 3. The molecule has 156 valence electrons. The van der Waals surface area contributed by atoms with Crippen LogP contribution in [0.2, 0.25) is 0 Å². The Labute approximate surface area is 182 Å². The summed E-state index contributed by atoms with van der Waals surface area (Å²) in [6.07, 6.45) is -3.36. The van der Waals surface area contributed by atoms with E-state index in [0.29, 0.717) is 15.8 Å². The predicted molar refractivity (Wildman–Crippen MR) is 112 cm³/mol. The Morgan fingerprint density at radius 3 is 2.45 bits per heavy atom. The summed E-state index contributed by atoms with van der Waals surface area (Å²) < 4.78 is 41.3. The number of hydrogen-bond acceptors (Lipinski definition) is 4. The van der Waals surface area contributed by atoms with Crippen LogP contribution < -0.4 is 5.43 Å². The SMILES string of the molecule is O=C(c1cccc(C(F)(F)F)n1)c1cn(Cc2cccc(Br)n2)c2ccccc2c1=O. The van der Waals surface area contributed by atoms with Crippen LogP contribution in [-0.4, -0.2) is 20.3 Å². The maximum atomic E-state index is 13.0. The predicted octanol–water partition coefficient (Wildman–Crippen LogP) is 4.85. The van der Waals surface area contributed by atoms with Gasteiger partial charge in [-0.1, -0.05) is 24.3 Å². The molecule has 0 unspecified atom stereocenters. The number of fused-ring (bicyclic) bond motifs is 1. The van der Waals surface area contributed by atoms with Crippen molar-refractivity contribution in [2.45, 2.75) is 12.7 Å². The van der Waals surface area contributed by atoms with Gasteiger partial charge in [-0.2, -0.15) is 13.2 Å². The molecular formula is C22H13BrF3N3O2. The van der Waals surface area contributed by atoms with Gasteiger partial charge in [0.05, 0.1) is 23.3 Å². The van der Waals surface area contributed by atoms with Crippen LogP contribution in [-0.2, 0) is 12.7 Å². The lowest BCUT2D eigenvalue weighted by Gasteiger charge is -2.13. The number of hydrogen-bond donors (Lipinski definition) is 0. The second-order valence-corrected chi connectivity index (χ2v) is 7.52. The number of carbonyl (C=O) groups excluding carboxylic acids is 1. The molecule has 0 atom stereocenters. The Kier molecular flexibility index (Phi) is 5.45. The average Bonchev–Trinajstić information content (AvgIpc) is 2.75. The fourth-order valence-electron chi connectivity index (χ4n) is 3.21. The maximum Gasteiger partial charge on any atom is 0.433 e. The molecule has 4 aromatic rings. The van der Waals surface area contributed by atoms with Crippen LogP contribution in [0.15, 0.2) is 76.3 Å². The van der Waals surface area contributed by atoms with Gasteiger partial charge in [0.1, 0.15) is 16.0 Å². The number of carbonyl (C=O) groups is 1. The molecule has 0 bridgehead atoms. The number of halogens is 4. The monoisotopic (exact) mass is 487 g/mol. The highest BCUT2D eigenvalue weighted by molar-refractivity contribution is 9.10. The zero-order valence-corrected chi connectivity index (χ0v) is 17.3. The number of para-hydroxylation sites is 1. The molecule has 4 rings (SSSR count). The van der Waals surface area contributed by atoms with Crippen LogP contribution in [0.1, 0.15) is 27.4 Å². The summed E-state index contributed by atoms with van der Waals surface area (Å²) >= 11 is 3.30. The van der Waals surface area contributed by atoms with Gasteiger partial charge in [0.15, 0.2) is 0 Å². The van der Waals surface area contributed by atoms with Crippen molar-refractivity contribution in [1.29, 1.82) is 0 Å². The second kappa shape index (κ2) is 8.07. The van der Waals surface area contributed by atoms with Crippen molar-refractivity contribution >= 4 is 32.6 Å². The molecule has 3 aromatic heterocycles. The van der Waals surface area contributed by atoms with Crippen molar-refractivity contribution in [1.82, 2.24) is 14.5 Å². The maximum absolute atomic E-state index is 13.0. The van der Waals surface area contributed by atoms with Crippen molar-refractivity contribution in [2.24, 2.45) is 0 Å². The minimum atomic E-state index is -4.70. The molecule has 0 radical (unpaired) electrons. The van der Waals surface area contributed by atoms with Crippen molar-refractivity contribution in [2.75, 3.05) is 0 Å². The third-order valence-corrected chi connectivity index (χ3v) is 5.05. The molecule has 3 heterocycles. The summed E-state index contributed by atoms with van der Waals surface area (Å²) in [4.78, 5) is 33.7. The first-order valence-electron chi connectivity index (χ1n) is 9.06. The lowest BCUT2D eigenvalue weighted by atomic mass is 10.1. The Morgan fingerprint density at radius 1 is 0.968 bits per heavy atom. The summed E-state index contributed by atoms with van der Waals surface area (Å²) in [7, 11) is 0. The fraction of sp³-hybridized carbons (Fsp3) is 0.0909. The van der Waals surface area contributed by atoms with Gasteiger partial charge in [-0.15, -0.1) is 0 Å². The van der Waals surface area contributed by atoms with Crippen LogP contribution in [0, 0.1) is 0 Å². The van der Waals surface area contributed by atoms with Crippen molar-refractivity contribution < 1.29 is 18.0 Å². The lowest BCUT2D eigenvalue weighted by molar-refractivity contribution is -0.141. The molecule has 0 amide bonds. The Balaban J connectivity index is 1.86. The number of ketones is 1. The van der Waals surface area contributed by atoms with Gasteiger partial charge in [-0.25, -0.2) is 9.97 Å². The topological polar surface area (TPSA) is 64.8 Å². The van der Waals surface area contributed by atoms with E-state index in [9.17, 15) is 22.8 Å². The second-order valence-electron chi connectivity index (χ2n) is 6.70. The first-order chi connectivity index (χ1) is 14.7. The van der Waals surface area contributed by atoms with E-state index in [1.807, 2.05) is 0 Å². The summed E-state index contributed by atoms with van der Waals surface area (Å²) in [6.45, 7) is 0.247. The molecule has 0 spiro atoms. The van der Waals surface area contributed by atoms with Gasteiger partial charge in [0, 0.05) is 11.6 Å². The van der Waals surface area contributed by atoms with E-state index >= 15 is 0 Å². The molecule has 0 fully saturated rings. The Morgan fingerprint density at radius 2 is 1.71 bits per heavy atom. The Bertz CT molecular complexity index is 1370. The number of benzene rings is 1. The molecule has 31 heavy (non-hydrogen) atoms. The summed E-state index contributed by atoms with van der Waals surface area (Å²) in [5, 5.41) is 0.273. The molecule has 1 aromatic carbocycles. The first-order valence-corrected chi connectivity index (χ1v) is 9.86. The quantitative estimate of drug-likeness (QED) is 0.304. The molecule has 0 saturated carbocycles. The number of alkyl halides is 3. The van der Waals surface area contributed by atoms with Gasteiger partial charge in [0.2, 0.25) is 11.2 Å². The van der Waals surface area contributed by atoms with E-state index in [4.69, 9.17) is 0 Å². The number of pyridine rings is 3. The normalized spacial score (nSPS) is 11.6. The molecule has 0 saturated heterocycles. The van der Waals surface area contributed by atoms with E-state index in [-0.39, 0.29) is 17.5 Å². The van der Waals surface area contributed by atoms with Crippen molar-refractivity contribution in [3.8, 4) is 0 Å². The largest absolute Gasteiger partial charge is 0.433 e. The van der Waals surface area contributed by atoms with E-state index < -0.39 is 28.8 Å².